The van der Waals surface area contributed by atoms with Crippen LogP contribution in [-0.4, -0.2) is 18.6 Å². The van der Waals surface area contributed by atoms with Crippen LogP contribution in [-0.2, 0) is 6.42 Å². The molecule has 0 bridgehead atoms. The number of nitrogens with two attached hydrogens (primary N) is 1. The highest BCUT2D eigenvalue weighted by molar-refractivity contribution is 5.74. The van der Waals surface area contributed by atoms with E-state index in [2.05, 4.69) is 4.98 Å². The summed E-state index contributed by atoms with van der Waals surface area (Å²) in [6.45, 7) is 0.717. The van der Waals surface area contributed by atoms with Crippen molar-refractivity contribution in [2.45, 2.75) is 38.5 Å². The predicted octanol–water partition coefficient (Wildman–Crippen LogP) is 3.29. The molecule has 1 saturated carbocycles. The van der Waals surface area contributed by atoms with Gasteiger partial charge in [0.25, 0.3) is 0 Å². The number of rotatable bonds is 4. The molecule has 0 spiro atoms. The molecule has 0 saturated heterocycles. The van der Waals surface area contributed by atoms with Crippen molar-refractivity contribution >= 4 is 11.1 Å². The van der Waals surface area contributed by atoms with Crippen LogP contribution < -0.4 is 10.5 Å². The van der Waals surface area contributed by atoms with Crippen LogP contribution in [0.3, 0.4) is 0 Å². The highest BCUT2D eigenvalue weighted by Gasteiger charge is 2.32. The van der Waals surface area contributed by atoms with Crippen LogP contribution >= 0.6 is 0 Å². The van der Waals surface area contributed by atoms with E-state index in [4.69, 9.17) is 14.9 Å². The SMILES string of the molecule is COc1ccc2oc(CC3(CN)CCCCC3)nc2c1. The van der Waals surface area contributed by atoms with Crippen molar-refractivity contribution in [3.8, 4) is 5.75 Å². The van der Waals surface area contributed by atoms with Crippen LogP contribution in [0, 0.1) is 5.41 Å². The van der Waals surface area contributed by atoms with Gasteiger partial charge in [0.15, 0.2) is 11.5 Å². The Balaban J connectivity index is 1.86. The quantitative estimate of drug-likeness (QED) is 0.929. The van der Waals surface area contributed by atoms with Crippen molar-refractivity contribution in [2.75, 3.05) is 13.7 Å². The van der Waals surface area contributed by atoms with Gasteiger partial charge in [-0.2, -0.15) is 0 Å². The first-order valence-corrected chi connectivity index (χ1v) is 7.38. The standard InChI is InChI=1S/C16H22N2O2/c1-19-12-5-6-14-13(9-12)18-15(20-14)10-16(11-17)7-3-2-4-8-16/h5-6,9H,2-4,7-8,10-11,17H2,1H3. The van der Waals surface area contributed by atoms with Crippen LogP contribution in [0.5, 0.6) is 5.75 Å². The minimum absolute atomic E-state index is 0.184. The molecule has 0 amide bonds. The molecule has 4 heteroatoms. The fourth-order valence-corrected chi connectivity index (χ4v) is 3.23. The Morgan fingerprint density at radius 1 is 1.30 bits per heavy atom. The lowest BCUT2D eigenvalue weighted by Crippen LogP contribution is -2.35. The molecule has 0 aliphatic heterocycles. The topological polar surface area (TPSA) is 61.3 Å². The second-order valence-electron chi connectivity index (χ2n) is 5.88. The van der Waals surface area contributed by atoms with Crippen molar-refractivity contribution < 1.29 is 9.15 Å². The lowest BCUT2D eigenvalue weighted by molar-refractivity contribution is 0.184. The van der Waals surface area contributed by atoms with Gasteiger partial charge in [-0.1, -0.05) is 19.3 Å². The van der Waals surface area contributed by atoms with Crippen molar-refractivity contribution in [3.05, 3.63) is 24.1 Å². The molecular formula is C16H22N2O2. The van der Waals surface area contributed by atoms with Crippen molar-refractivity contribution in [3.63, 3.8) is 0 Å². The largest absolute Gasteiger partial charge is 0.497 e. The first-order chi connectivity index (χ1) is 9.74. The van der Waals surface area contributed by atoms with Gasteiger partial charge in [0.2, 0.25) is 0 Å². The van der Waals surface area contributed by atoms with Crippen LogP contribution in [0.15, 0.2) is 22.6 Å². The molecule has 0 atom stereocenters. The summed E-state index contributed by atoms with van der Waals surface area (Å²) in [4.78, 5) is 4.61. The smallest absolute Gasteiger partial charge is 0.196 e. The van der Waals surface area contributed by atoms with Crippen LogP contribution in [0.1, 0.15) is 38.0 Å². The number of methoxy groups -OCH3 is 1. The van der Waals surface area contributed by atoms with Gasteiger partial charge in [-0.25, -0.2) is 4.98 Å². The maximum atomic E-state index is 6.04. The summed E-state index contributed by atoms with van der Waals surface area (Å²) in [5, 5.41) is 0. The molecule has 0 radical (unpaired) electrons. The van der Waals surface area contributed by atoms with E-state index < -0.39 is 0 Å². The van der Waals surface area contributed by atoms with E-state index in [0.29, 0.717) is 0 Å². The highest BCUT2D eigenvalue weighted by atomic mass is 16.5. The average molecular weight is 274 g/mol. The maximum absolute atomic E-state index is 6.04. The Morgan fingerprint density at radius 3 is 2.80 bits per heavy atom. The number of hydrogen-bond acceptors (Lipinski definition) is 4. The minimum atomic E-state index is 0.184. The zero-order chi connectivity index (χ0) is 14.0. The summed E-state index contributed by atoms with van der Waals surface area (Å²) in [5.41, 5.74) is 7.91. The number of hydrogen-bond donors (Lipinski definition) is 1. The Morgan fingerprint density at radius 2 is 2.10 bits per heavy atom. The highest BCUT2D eigenvalue weighted by Crippen LogP contribution is 2.38. The van der Waals surface area contributed by atoms with Gasteiger partial charge in [0.1, 0.15) is 11.3 Å². The number of oxazole rings is 1. The predicted molar refractivity (Wildman–Crippen MR) is 78.8 cm³/mol. The normalized spacial score (nSPS) is 18.3. The fraction of sp³-hybridized carbons (Fsp3) is 0.562. The maximum Gasteiger partial charge on any atom is 0.196 e. The van der Waals surface area contributed by atoms with E-state index in [-0.39, 0.29) is 5.41 Å². The van der Waals surface area contributed by atoms with Gasteiger partial charge in [0, 0.05) is 12.5 Å². The van der Waals surface area contributed by atoms with Crippen molar-refractivity contribution in [1.29, 1.82) is 0 Å². The molecule has 4 nitrogen and oxygen atoms in total. The summed E-state index contributed by atoms with van der Waals surface area (Å²) in [5.74, 6) is 1.61. The molecule has 1 fully saturated rings. The summed E-state index contributed by atoms with van der Waals surface area (Å²) < 4.78 is 11.1. The molecule has 1 aromatic heterocycles. The Labute approximate surface area is 119 Å². The molecule has 1 aliphatic carbocycles. The second-order valence-corrected chi connectivity index (χ2v) is 5.88. The van der Waals surface area contributed by atoms with E-state index in [1.165, 1.54) is 32.1 Å². The number of benzene rings is 1. The third-order valence-corrected chi connectivity index (χ3v) is 4.51. The van der Waals surface area contributed by atoms with Crippen molar-refractivity contribution in [2.24, 2.45) is 11.1 Å². The lowest BCUT2D eigenvalue weighted by atomic mass is 9.72. The minimum Gasteiger partial charge on any atom is -0.497 e. The second kappa shape index (κ2) is 5.44. The molecule has 1 aliphatic rings. The van der Waals surface area contributed by atoms with E-state index >= 15 is 0 Å². The van der Waals surface area contributed by atoms with Gasteiger partial charge < -0.3 is 14.9 Å². The molecule has 108 valence electrons. The molecule has 1 aromatic carbocycles. The molecule has 0 unspecified atom stereocenters. The summed E-state index contributed by atoms with van der Waals surface area (Å²) in [6, 6.07) is 5.73. The molecule has 3 rings (SSSR count). The molecule has 20 heavy (non-hydrogen) atoms. The Kier molecular flexibility index (Phi) is 3.66. The van der Waals surface area contributed by atoms with Crippen molar-refractivity contribution in [1.82, 2.24) is 4.98 Å². The van der Waals surface area contributed by atoms with E-state index in [9.17, 15) is 0 Å². The van der Waals surface area contributed by atoms with Gasteiger partial charge in [0.05, 0.1) is 7.11 Å². The Hall–Kier alpha value is -1.55. The average Bonchev–Trinajstić information content (AvgIpc) is 2.89. The van der Waals surface area contributed by atoms with Crippen LogP contribution in [0.2, 0.25) is 0 Å². The number of nitrogens with zero attached hydrogens (tertiary/aromatic N) is 1. The summed E-state index contributed by atoms with van der Waals surface area (Å²) >= 11 is 0. The zero-order valence-electron chi connectivity index (χ0n) is 12.0. The molecule has 1 heterocycles. The fourth-order valence-electron chi connectivity index (χ4n) is 3.23. The lowest BCUT2D eigenvalue weighted by Gasteiger charge is -2.35. The summed E-state index contributed by atoms with van der Waals surface area (Å²) in [7, 11) is 1.66. The van der Waals surface area contributed by atoms with Crippen LogP contribution in [0.4, 0.5) is 0 Å². The first-order valence-electron chi connectivity index (χ1n) is 7.38. The van der Waals surface area contributed by atoms with Crippen LogP contribution in [0.25, 0.3) is 11.1 Å². The van der Waals surface area contributed by atoms with Gasteiger partial charge in [-0.05, 0) is 36.9 Å². The number of fused-ring (bicyclic) bond motifs is 1. The monoisotopic (exact) mass is 274 g/mol. The molecular weight excluding hydrogens is 252 g/mol. The van der Waals surface area contributed by atoms with E-state index in [1.54, 1.807) is 7.11 Å². The van der Waals surface area contributed by atoms with Gasteiger partial charge in [-0.3, -0.25) is 0 Å². The molecule has 2 aromatic rings. The van der Waals surface area contributed by atoms with Gasteiger partial charge >= 0.3 is 0 Å². The Bertz CT molecular complexity index is 585. The van der Waals surface area contributed by atoms with Gasteiger partial charge in [-0.15, -0.1) is 0 Å². The van der Waals surface area contributed by atoms with E-state index in [0.717, 1.165) is 35.7 Å². The number of ether oxygens (including phenoxy) is 1. The molecule has 2 N–H and O–H groups in total. The number of aromatic nitrogens is 1. The third-order valence-electron chi connectivity index (χ3n) is 4.51. The summed E-state index contributed by atoms with van der Waals surface area (Å²) in [6.07, 6.45) is 7.08. The third kappa shape index (κ3) is 2.52. The first kappa shape index (κ1) is 13.4. The zero-order valence-corrected chi connectivity index (χ0v) is 12.0. The van der Waals surface area contributed by atoms with E-state index in [1.807, 2.05) is 18.2 Å².